The highest BCUT2D eigenvalue weighted by Gasteiger charge is 2.30. The zero-order valence-corrected chi connectivity index (χ0v) is 15.5. The van der Waals surface area contributed by atoms with Crippen LogP contribution in [0.1, 0.15) is 43.7 Å². The highest BCUT2D eigenvalue weighted by Crippen LogP contribution is 2.33. The van der Waals surface area contributed by atoms with E-state index in [-0.39, 0.29) is 6.10 Å². The van der Waals surface area contributed by atoms with Gasteiger partial charge in [-0.3, -0.25) is 0 Å². The molecule has 4 rings (SSSR count). The Labute approximate surface area is 154 Å². The molecule has 0 radical (unpaired) electrons. The second-order valence-corrected chi connectivity index (χ2v) is 7.23. The minimum absolute atomic E-state index is 0.0248. The number of nitrogens with one attached hydrogen (secondary N) is 1. The van der Waals surface area contributed by atoms with Gasteiger partial charge >= 0.3 is 0 Å². The van der Waals surface area contributed by atoms with Crippen molar-refractivity contribution in [3.05, 3.63) is 42.0 Å². The van der Waals surface area contributed by atoms with Gasteiger partial charge in [-0.25, -0.2) is 4.98 Å². The molecule has 2 aliphatic rings. The summed E-state index contributed by atoms with van der Waals surface area (Å²) in [5.74, 6) is 2.71. The van der Waals surface area contributed by atoms with Crippen molar-refractivity contribution in [1.82, 2.24) is 14.9 Å². The van der Waals surface area contributed by atoms with E-state index in [0.717, 1.165) is 49.6 Å². The van der Waals surface area contributed by atoms with Crippen molar-refractivity contribution in [2.24, 2.45) is 7.05 Å². The number of hydrogen-bond acceptors (Lipinski definition) is 5. The summed E-state index contributed by atoms with van der Waals surface area (Å²) in [6, 6.07) is 6.92. The first kappa shape index (κ1) is 17.4. The summed E-state index contributed by atoms with van der Waals surface area (Å²) in [5.41, 5.74) is 1.28. The first-order valence-corrected chi connectivity index (χ1v) is 9.44. The Kier molecular flexibility index (Phi) is 5.13. The van der Waals surface area contributed by atoms with Crippen LogP contribution in [0.2, 0.25) is 0 Å². The maximum Gasteiger partial charge on any atom is 0.231 e. The number of aromatic nitrogens is 2. The highest BCUT2D eigenvalue weighted by atomic mass is 16.7. The van der Waals surface area contributed by atoms with Gasteiger partial charge in [0.05, 0.1) is 0 Å². The first-order chi connectivity index (χ1) is 12.7. The average Bonchev–Trinajstić information content (AvgIpc) is 3.28. The van der Waals surface area contributed by atoms with Crippen LogP contribution in [0.5, 0.6) is 11.5 Å². The average molecular weight is 357 g/mol. The number of imidazole rings is 1. The van der Waals surface area contributed by atoms with Gasteiger partial charge in [0.1, 0.15) is 11.9 Å². The van der Waals surface area contributed by atoms with Crippen molar-refractivity contribution in [1.29, 1.82) is 0 Å². The van der Waals surface area contributed by atoms with Crippen LogP contribution in [0.3, 0.4) is 0 Å². The molecule has 0 aliphatic carbocycles. The van der Waals surface area contributed by atoms with Crippen LogP contribution in [-0.2, 0) is 18.2 Å². The minimum Gasteiger partial charge on any atom is -0.454 e. The zero-order valence-electron chi connectivity index (χ0n) is 15.5. The molecule has 1 fully saturated rings. The molecule has 1 aromatic heterocycles. The molecule has 0 bridgehead atoms. The quantitative estimate of drug-likeness (QED) is 0.861. The number of benzene rings is 1. The van der Waals surface area contributed by atoms with Gasteiger partial charge < -0.3 is 24.1 Å². The number of fused-ring (bicyclic) bond motifs is 1. The largest absolute Gasteiger partial charge is 0.454 e. The predicted octanol–water partition coefficient (Wildman–Crippen LogP) is 2.98. The fourth-order valence-corrected chi connectivity index (χ4v) is 3.79. The summed E-state index contributed by atoms with van der Waals surface area (Å²) in [6.45, 7) is 3.38. The summed E-state index contributed by atoms with van der Waals surface area (Å²) in [6.07, 6.45) is 8.12. The molecule has 0 spiro atoms. The Bertz CT molecular complexity index is 746. The molecule has 1 saturated heterocycles. The number of ether oxygens (including phenoxy) is 3. The van der Waals surface area contributed by atoms with Crippen molar-refractivity contribution in [3.8, 4) is 11.5 Å². The van der Waals surface area contributed by atoms with E-state index >= 15 is 0 Å². The summed E-state index contributed by atoms with van der Waals surface area (Å²) in [4.78, 5) is 4.50. The van der Waals surface area contributed by atoms with Gasteiger partial charge in [0, 0.05) is 38.1 Å². The number of hydrogen-bond donors (Lipinski definition) is 1. The standard InChI is InChI=1S/C20H27N3O3/c1-14(5-6-15-7-8-17-18(12-15)26-13-25-17)22-16-4-3-11-24-19(16)20-21-9-10-23(20)2/h7-10,12,14,16,19,22H,3-6,11,13H2,1-2H3/t14?,16-,19-/m0/s1. The van der Waals surface area contributed by atoms with Gasteiger partial charge in [0.15, 0.2) is 11.5 Å². The third-order valence-electron chi connectivity index (χ3n) is 5.24. The molecule has 6 heteroatoms. The van der Waals surface area contributed by atoms with Gasteiger partial charge in [-0.1, -0.05) is 6.07 Å². The molecule has 2 aromatic rings. The van der Waals surface area contributed by atoms with Crippen molar-refractivity contribution >= 4 is 0 Å². The number of rotatable bonds is 6. The lowest BCUT2D eigenvalue weighted by Crippen LogP contribution is -2.44. The zero-order chi connectivity index (χ0) is 17.9. The molecule has 1 unspecified atom stereocenters. The van der Waals surface area contributed by atoms with Crippen LogP contribution in [0.25, 0.3) is 0 Å². The first-order valence-electron chi connectivity index (χ1n) is 9.44. The minimum atomic E-state index is 0.0248. The second kappa shape index (κ2) is 7.68. The van der Waals surface area contributed by atoms with E-state index in [0.29, 0.717) is 18.9 Å². The van der Waals surface area contributed by atoms with Crippen molar-refractivity contribution in [2.75, 3.05) is 13.4 Å². The van der Waals surface area contributed by atoms with Crippen LogP contribution >= 0.6 is 0 Å². The van der Waals surface area contributed by atoms with Gasteiger partial charge in [0.2, 0.25) is 6.79 Å². The molecule has 3 heterocycles. The van der Waals surface area contributed by atoms with E-state index in [2.05, 4.69) is 33.9 Å². The lowest BCUT2D eigenvalue weighted by atomic mass is 9.99. The molecule has 140 valence electrons. The highest BCUT2D eigenvalue weighted by molar-refractivity contribution is 5.44. The Morgan fingerprint density at radius 3 is 3.04 bits per heavy atom. The van der Waals surface area contributed by atoms with E-state index in [9.17, 15) is 0 Å². The van der Waals surface area contributed by atoms with E-state index in [1.165, 1.54) is 5.56 Å². The van der Waals surface area contributed by atoms with Crippen molar-refractivity contribution in [3.63, 3.8) is 0 Å². The Hall–Kier alpha value is -2.05. The normalized spacial score (nSPS) is 23.2. The topological polar surface area (TPSA) is 57.5 Å². The van der Waals surface area contributed by atoms with Gasteiger partial charge in [-0.2, -0.15) is 0 Å². The van der Waals surface area contributed by atoms with Crippen LogP contribution in [0, 0.1) is 0 Å². The summed E-state index contributed by atoms with van der Waals surface area (Å²) in [5, 5.41) is 3.77. The van der Waals surface area contributed by atoms with E-state index in [1.807, 2.05) is 25.5 Å². The van der Waals surface area contributed by atoms with Crippen LogP contribution in [0.15, 0.2) is 30.6 Å². The molecule has 1 aromatic carbocycles. The maximum atomic E-state index is 6.05. The summed E-state index contributed by atoms with van der Waals surface area (Å²) in [7, 11) is 2.03. The molecule has 2 aliphatic heterocycles. The molecule has 1 N–H and O–H groups in total. The van der Waals surface area contributed by atoms with Crippen LogP contribution < -0.4 is 14.8 Å². The Morgan fingerprint density at radius 2 is 2.19 bits per heavy atom. The third kappa shape index (κ3) is 3.71. The smallest absolute Gasteiger partial charge is 0.231 e. The monoisotopic (exact) mass is 357 g/mol. The van der Waals surface area contributed by atoms with Crippen molar-refractivity contribution < 1.29 is 14.2 Å². The van der Waals surface area contributed by atoms with Gasteiger partial charge in [-0.05, 0) is 50.3 Å². The van der Waals surface area contributed by atoms with Gasteiger partial charge in [0.25, 0.3) is 0 Å². The number of nitrogens with zero attached hydrogens (tertiary/aromatic N) is 2. The lowest BCUT2D eigenvalue weighted by molar-refractivity contribution is -0.0201. The Morgan fingerprint density at radius 1 is 1.31 bits per heavy atom. The van der Waals surface area contributed by atoms with Crippen LogP contribution in [-0.4, -0.2) is 35.0 Å². The molecular weight excluding hydrogens is 330 g/mol. The third-order valence-corrected chi connectivity index (χ3v) is 5.24. The molecular formula is C20H27N3O3. The SMILES string of the molecule is CC(CCc1ccc2c(c1)OCO2)N[C@H]1CCCO[C@@H]1c1nccn1C. The molecule has 0 saturated carbocycles. The summed E-state index contributed by atoms with van der Waals surface area (Å²) < 4.78 is 19.0. The van der Waals surface area contributed by atoms with E-state index in [1.54, 1.807) is 0 Å². The molecule has 0 amide bonds. The fraction of sp³-hybridized carbons (Fsp3) is 0.550. The second-order valence-electron chi connectivity index (χ2n) is 7.23. The molecule has 6 nitrogen and oxygen atoms in total. The Balaban J connectivity index is 1.34. The molecule has 3 atom stereocenters. The van der Waals surface area contributed by atoms with Crippen molar-refractivity contribution in [2.45, 2.75) is 50.8 Å². The summed E-state index contributed by atoms with van der Waals surface area (Å²) >= 11 is 0. The lowest BCUT2D eigenvalue weighted by Gasteiger charge is -2.34. The fourth-order valence-electron chi connectivity index (χ4n) is 3.79. The van der Waals surface area contributed by atoms with Gasteiger partial charge in [-0.15, -0.1) is 0 Å². The van der Waals surface area contributed by atoms with E-state index in [4.69, 9.17) is 14.2 Å². The molecule has 26 heavy (non-hydrogen) atoms. The maximum absolute atomic E-state index is 6.05. The number of aryl methyl sites for hydroxylation is 2. The van der Waals surface area contributed by atoms with Crippen LogP contribution in [0.4, 0.5) is 0 Å². The predicted molar refractivity (Wildman–Crippen MR) is 98.4 cm³/mol. The van der Waals surface area contributed by atoms with E-state index < -0.39 is 0 Å².